The summed E-state index contributed by atoms with van der Waals surface area (Å²) < 4.78 is 36.7. The molecule has 0 fully saturated rings. The van der Waals surface area contributed by atoms with Gasteiger partial charge in [0.1, 0.15) is 6.29 Å². The van der Waals surface area contributed by atoms with Gasteiger partial charge < -0.3 is 5.11 Å². The Morgan fingerprint density at radius 1 is 1.27 bits per heavy atom. The lowest BCUT2D eigenvalue weighted by atomic mass is 10.1. The molecule has 0 heterocycles. The summed E-state index contributed by atoms with van der Waals surface area (Å²) in [7, 11) is 0. The molecule has 0 aliphatic rings. The van der Waals surface area contributed by atoms with E-state index in [4.69, 9.17) is 5.11 Å². The SMILES string of the molecule is O=Cc1cc(C(=O)O)cc(C(F)(F)F)c1. The number of rotatable bonds is 2. The number of hydrogen-bond acceptors (Lipinski definition) is 2. The van der Waals surface area contributed by atoms with Crippen LogP contribution in [-0.4, -0.2) is 17.4 Å². The summed E-state index contributed by atoms with van der Waals surface area (Å²) in [6.07, 6.45) is -4.50. The Bertz CT molecular complexity index is 410. The Morgan fingerprint density at radius 3 is 2.27 bits per heavy atom. The van der Waals surface area contributed by atoms with Gasteiger partial charge in [0.05, 0.1) is 11.1 Å². The summed E-state index contributed by atoms with van der Waals surface area (Å²) in [5, 5.41) is 8.51. The Balaban J connectivity index is 3.36. The highest BCUT2D eigenvalue weighted by Gasteiger charge is 2.31. The maximum atomic E-state index is 12.2. The summed E-state index contributed by atoms with van der Waals surface area (Å²) in [6.45, 7) is 0. The molecule has 1 aromatic carbocycles. The predicted octanol–water partition coefficient (Wildman–Crippen LogP) is 2.22. The van der Waals surface area contributed by atoms with E-state index in [2.05, 4.69) is 0 Å². The molecule has 0 amide bonds. The minimum atomic E-state index is -4.66. The number of benzene rings is 1. The van der Waals surface area contributed by atoms with Gasteiger partial charge in [-0.25, -0.2) is 4.79 Å². The van der Waals surface area contributed by atoms with E-state index in [1.54, 1.807) is 0 Å². The lowest BCUT2D eigenvalue weighted by Gasteiger charge is -2.07. The molecule has 0 bridgehead atoms. The third-order valence-electron chi connectivity index (χ3n) is 1.67. The van der Waals surface area contributed by atoms with Gasteiger partial charge in [0.25, 0.3) is 0 Å². The average Bonchev–Trinajstić information content (AvgIpc) is 2.15. The zero-order valence-corrected chi connectivity index (χ0v) is 7.21. The first-order chi connectivity index (χ1) is 6.84. The van der Waals surface area contributed by atoms with E-state index in [0.717, 1.165) is 6.07 Å². The van der Waals surface area contributed by atoms with Crippen LogP contribution in [0.25, 0.3) is 0 Å². The maximum Gasteiger partial charge on any atom is 0.416 e. The van der Waals surface area contributed by atoms with E-state index < -0.39 is 23.3 Å². The van der Waals surface area contributed by atoms with E-state index in [0.29, 0.717) is 12.1 Å². The molecule has 0 aliphatic carbocycles. The fourth-order valence-corrected chi connectivity index (χ4v) is 1.01. The van der Waals surface area contributed by atoms with Crippen molar-refractivity contribution in [1.82, 2.24) is 0 Å². The predicted molar refractivity (Wildman–Crippen MR) is 43.8 cm³/mol. The van der Waals surface area contributed by atoms with Crippen molar-refractivity contribution in [3.63, 3.8) is 0 Å². The summed E-state index contributed by atoms with van der Waals surface area (Å²) in [5.41, 5.74) is -2.03. The first-order valence-corrected chi connectivity index (χ1v) is 3.75. The number of carboxylic acid groups (broad SMARTS) is 1. The molecule has 15 heavy (non-hydrogen) atoms. The average molecular weight is 218 g/mol. The maximum absolute atomic E-state index is 12.2. The van der Waals surface area contributed by atoms with Crippen molar-refractivity contribution >= 4 is 12.3 Å². The van der Waals surface area contributed by atoms with Crippen molar-refractivity contribution in [2.45, 2.75) is 6.18 Å². The van der Waals surface area contributed by atoms with E-state index >= 15 is 0 Å². The first-order valence-electron chi connectivity index (χ1n) is 3.75. The molecular weight excluding hydrogens is 213 g/mol. The van der Waals surface area contributed by atoms with Crippen molar-refractivity contribution in [2.24, 2.45) is 0 Å². The van der Waals surface area contributed by atoms with Crippen LogP contribution in [0, 0.1) is 0 Å². The van der Waals surface area contributed by atoms with Gasteiger partial charge in [0, 0.05) is 5.56 Å². The number of carbonyl (C=O) groups is 2. The highest BCUT2D eigenvalue weighted by Crippen LogP contribution is 2.30. The molecule has 1 aromatic rings. The van der Waals surface area contributed by atoms with Crippen LogP contribution in [0.4, 0.5) is 13.2 Å². The highest BCUT2D eigenvalue weighted by atomic mass is 19.4. The fourth-order valence-electron chi connectivity index (χ4n) is 1.01. The molecule has 0 aliphatic heterocycles. The van der Waals surface area contributed by atoms with Crippen LogP contribution in [0.15, 0.2) is 18.2 Å². The zero-order valence-electron chi connectivity index (χ0n) is 7.21. The minimum Gasteiger partial charge on any atom is -0.478 e. The molecule has 0 unspecified atom stereocenters. The van der Waals surface area contributed by atoms with Gasteiger partial charge in [-0.2, -0.15) is 13.2 Å². The van der Waals surface area contributed by atoms with E-state index in [9.17, 15) is 22.8 Å². The van der Waals surface area contributed by atoms with Crippen molar-refractivity contribution in [3.8, 4) is 0 Å². The number of hydrogen-bond donors (Lipinski definition) is 1. The molecule has 0 saturated heterocycles. The largest absolute Gasteiger partial charge is 0.478 e. The smallest absolute Gasteiger partial charge is 0.416 e. The second kappa shape index (κ2) is 3.72. The van der Waals surface area contributed by atoms with Crippen LogP contribution in [0.1, 0.15) is 26.3 Å². The number of aldehydes is 1. The van der Waals surface area contributed by atoms with Gasteiger partial charge in [-0.3, -0.25) is 4.79 Å². The quantitative estimate of drug-likeness (QED) is 0.774. The van der Waals surface area contributed by atoms with Crippen molar-refractivity contribution < 1.29 is 27.9 Å². The molecule has 6 heteroatoms. The van der Waals surface area contributed by atoms with Gasteiger partial charge >= 0.3 is 12.1 Å². The molecule has 80 valence electrons. The van der Waals surface area contributed by atoms with Crippen LogP contribution in [0.2, 0.25) is 0 Å². The van der Waals surface area contributed by atoms with Crippen molar-refractivity contribution in [3.05, 3.63) is 34.9 Å². The molecular formula is C9H5F3O3. The summed E-state index contributed by atoms with van der Waals surface area (Å²) in [4.78, 5) is 20.8. The van der Waals surface area contributed by atoms with Crippen molar-refractivity contribution in [2.75, 3.05) is 0 Å². The molecule has 3 nitrogen and oxygen atoms in total. The summed E-state index contributed by atoms with van der Waals surface area (Å²) in [6, 6.07) is 1.96. The molecule has 1 N–H and O–H groups in total. The van der Waals surface area contributed by atoms with E-state index in [1.807, 2.05) is 0 Å². The Kier molecular flexibility index (Phi) is 2.78. The third kappa shape index (κ3) is 2.55. The molecule has 0 atom stereocenters. The van der Waals surface area contributed by atoms with Crippen molar-refractivity contribution in [1.29, 1.82) is 0 Å². The van der Waals surface area contributed by atoms with Gasteiger partial charge in [-0.15, -0.1) is 0 Å². The van der Waals surface area contributed by atoms with Gasteiger partial charge in [0.15, 0.2) is 0 Å². The monoisotopic (exact) mass is 218 g/mol. The molecule has 0 radical (unpaired) electrons. The molecule has 0 spiro atoms. The zero-order chi connectivity index (χ0) is 11.6. The number of alkyl halides is 3. The van der Waals surface area contributed by atoms with Gasteiger partial charge in [-0.1, -0.05) is 0 Å². The fraction of sp³-hybridized carbons (Fsp3) is 0.111. The summed E-state index contributed by atoms with van der Waals surface area (Å²) in [5.74, 6) is -1.51. The highest BCUT2D eigenvalue weighted by molar-refractivity contribution is 5.90. The number of halogens is 3. The second-order valence-electron chi connectivity index (χ2n) is 2.76. The standard InChI is InChI=1S/C9H5F3O3/c10-9(11,12)7-2-5(4-13)1-6(3-7)8(14)15/h1-4H,(H,14,15). The van der Waals surface area contributed by atoms with Gasteiger partial charge in [-0.05, 0) is 18.2 Å². The number of carbonyl (C=O) groups excluding carboxylic acids is 1. The van der Waals surface area contributed by atoms with Crippen LogP contribution >= 0.6 is 0 Å². The lowest BCUT2D eigenvalue weighted by molar-refractivity contribution is -0.137. The molecule has 0 saturated carbocycles. The second-order valence-corrected chi connectivity index (χ2v) is 2.76. The van der Waals surface area contributed by atoms with Gasteiger partial charge in [0.2, 0.25) is 0 Å². The molecule has 1 rings (SSSR count). The van der Waals surface area contributed by atoms with E-state index in [-0.39, 0.29) is 11.8 Å². The lowest BCUT2D eigenvalue weighted by Crippen LogP contribution is -2.08. The normalized spacial score (nSPS) is 11.1. The van der Waals surface area contributed by atoms with Crippen LogP contribution in [-0.2, 0) is 6.18 Å². The Morgan fingerprint density at radius 2 is 1.87 bits per heavy atom. The molecule has 0 aromatic heterocycles. The summed E-state index contributed by atoms with van der Waals surface area (Å²) >= 11 is 0. The number of aromatic carboxylic acids is 1. The van der Waals surface area contributed by atoms with E-state index in [1.165, 1.54) is 0 Å². The Labute approximate surface area is 82.1 Å². The van der Waals surface area contributed by atoms with Crippen LogP contribution in [0.5, 0.6) is 0 Å². The topological polar surface area (TPSA) is 54.4 Å². The van der Waals surface area contributed by atoms with Crippen LogP contribution in [0.3, 0.4) is 0 Å². The minimum absolute atomic E-state index is 0.168. The Hall–Kier alpha value is -1.85. The van der Waals surface area contributed by atoms with Crippen LogP contribution < -0.4 is 0 Å². The first kappa shape index (κ1) is 11.2. The number of carboxylic acids is 1. The third-order valence-corrected chi connectivity index (χ3v) is 1.67.